The number of hydrogen-bond donors (Lipinski definition) is 0. The van der Waals surface area contributed by atoms with E-state index in [-0.39, 0.29) is 11.6 Å². The van der Waals surface area contributed by atoms with Gasteiger partial charge in [0.15, 0.2) is 11.8 Å². The van der Waals surface area contributed by atoms with Gasteiger partial charge in [0.25, 0.3) is 5.91 Å². The number of benzene rings is 2. The zero-order chi connectivity index (χ0) is 19.2. The third kappa shape index (κ3) is 4.41. The fourth-order valence-electron chi connectivity index (χ4n) is 2.65. The molecule has 0 aliphatic carbocycles. The summed E-state index contributed by atoms with van der Waals surface area (Å²) in [5.41, 5.74) is 1.92. The number of carbonyl (C=O) groups excluding carboxylic acids is 2. The Labute approximate surface area is 162 Å². The summed E-state index contributed by atoms with van der Waals surface area (Å²) in [6.07, 6.45) is -0.903. The van der Waals surface area contributed by atoms with Gasteiger partial charge in [-0.25, -0.2) is 9.78 Å². The predicted octanol–water partition coefficient (Wildman–Crippen LogP) is 4.41. The van der Waals surface area contributed by atoms with Crippen LogP contribution in [0.25, 0.3) is 10.6 Å². The van der Waals surface area contributed by atoms with Crippen molar-refractivity contribution in [2.75, 3.05) is 11.4 Å². The fraction of sp³-hybridized carbons (Fsp3) is 0.190. The second-order valence-electron chi connectivity index (χ2n) is 5.87. The number of ether oxygens (including phenoxy) is 1. The first kappa shape index (κ1) is 18.8. The summed E-state index contributed by atoms with van der Waals surface area (Å²) in [6.45, 7) is 3.95. The predicted molar refractivity (Wildman–Crippen MR) is 107 cm³/mol. The molecule has 0 fully saturated rings. The van der Waals surface area contributed by atoms with Crippen molar-refractivity contribution in [3.05, 3.63) is 71.7 Å². The molecule has 0 saturated heterocycles. The van der Waals surface area contributed by atoms with Crippen LogP contribution < -0.4 is 4.90 Å². The van der Waals surface area contributed by atoms with Crippen LogP contribution in [0.2, 0.25) is 0 Å². The molecule has 0 saturated carbocycles. The standard InChI is InChI=1S/C21H20N2O3S/c1-3-23(17-12-8-5-9-13-17)20(24)15(2)26-21(25)18-14-27-19(22-18)16-10-6-4-7-11-16/h4-15H,3H2,1-2H3/t15-/m0/s1. The van der Waals surface area contributed by atoms with Crippen LogP contribution in [0.4, 0.5) is 5.69 Å². The lowest BCUT2D eigenvalue weighted by Crippen LogP contribution is -2.40. The lowest BCUT2D eigenvalue weighted by molar-refractivity contribution is -0.126. The average Bonchev–Trinajstić information content (AvgIpc) is 3.20. The van der Waals surface area contributed by atoms with E-state index in [1.807, 2.05) is 67.6 Å². The van der Waals surface area contributed by atoms with E-state index >= 15 is 0 Å². The maximum absolute atomic E-state index is 12.7. The van der Waals surface area contributed by atoms with Crippen molar-refractivity contribution in [1.29, 1.82) is 0 Å². The van der Waals surface area contributed by atoms with E-state index in [1.54, 1.807) is 17.2 Å². The summed E-state index contributed by atoms with van der Waals surface area (Å²) >= 11 is 1.37. The highest BCUT2D eigenvalue weighted by Gasteiger charge is 2.25. The molecule has 138 valence electrons. The van der Waals surface area contributed by atoms with Crippen LogP contribution in [0.5, 0.6) is 0 Å². The third-order valence-electron chi connectivity index (χ3n) is 4.02. The molecule has 3 rings (SSSR count). The van der Waals surface area contributed by atoms with Crippen molar-refractivity contribution in [3.8, 4) is 10.6 Å². The maximum atomic E-state index is 12.7. The zero-order valence-electron chi connectivity index (χ0n) is 15.2. The number of aromatic nitrogens is 1. The number of thiazole rings is 1. The summed E-state index contributed by atoms with van der Waals surface area (Å²) in [6, 6.07) is 18.9. The van der Waals surface area contributed by atoms with E-state index in [2.05, 4.69) is 4.98 Å². The van der Waals surface area contributed by atoms with Gasteiger partial charge in [-0.1, -0.05) is 48.5 Å². The first-order valence-corrected chi connectivity index (χ1v) is 9.56. The number of rotatable bonds is 6. The second-order valence-corrected chi connectivity index (χ2v) is 6.73. The molecule has 1 heterocycles. The molecule has 0 unspecified atom stereocenters. The molecule has 1 amide bonds. The van der Waals surface area contributed by atoms with E-state index in [0.717, 1.165) is 16.3 Å². The van der Waals surface area contributed by atoms with Gasteiger partial charge >= 0.3 is 5.97 Å². The molecule has 0 aliphatic heterocycles. The summed E-state index contributed by atoms with van der Waals surface area (Å²) in [5.74, 6) is -0.867. The Morgan fingerprint density at radius 2 is 1.70 bits per heavy atom. The van der Waals surface area contributed by atoms with Crippen molar-refractivity contribution >= 4 is 28.9 Å². The Bertz CT molecular complexity index is 909. The molecule has 1 aromatic heterocycles. The topological polar surface area (TPSA) is 59.5 Å². The van der Waals surface area contributed by atoms with Crippen LogP contribution in [0.1, 0.15) is 24.3 Å². The Morgan fingerprint density at radius 3 is 2.33 bits per heavy atom. The largest absolute Gasteiger partial charge is 0.448 e. The molecule has 3 aromatic rings. The number of likely N-dealkylation sites (N-methyl/N-ethyl adjacent to an activating group) is 1. The highest BCUT2D eigenvalue weighted by molar-refractivity contribution is 7.13. The van der Waals surface area contributed by atoms with Crippen molar-refractivity contribution in [1.82, 2.24) is 4.98 Å². The quantitative estimate of drug-likeness (QED) is 0.595. The van der Waals surface area contributed by atoms with Crippen molar-refractivity contribution in [2.45, 2.75) is 20.0 Å². The highest BCUT2D eigenvalue weighted by Crippen LogP contribution is 2.24. The Kier molecular flexibility index (Phi) is 5.98. The minimum atomic E-state index is -0.903. The maximum Gasteiger partial charge on any atom is 0.358 e. The highest BCUT2D eigenvalue weighted by atomic mass is 32.1. The number of carbonyl (C=O) groups is 2. The molecule has 1 atom stereocenters. The first-order chi connectivity index (χ1) is 13.1. The van der Waals surface area contributed by atoms with E-state index < -0.39 is 12.1 Å². The van der Waals surface area contributed by atoms with Crippen molar-refractivity contribution in [2.24, 2.45) is 0 Å². The number of hydrogen-bond acceptors (Lipinski definition) is 5. The van der Waals surface area contributed by atoms with Gasteiger partial charge in [0.2, 0.25) is 0 Å². The molecular formula is C21H20N2O3S. The normalized spacial score (nSPS) is 11.6. The van der Waals surface area contributed by atoms with Gasteiger partial charge in [-0.2, -0.15) is 0 Å². The second kappa shape index (κ2) is 8.60. The smallest absolute Gasteiger partial charge is 0.358 e. The minimum absolute atomic E-state index is 0.210. The van der Waals surface area contributed by atoms with E-state index in [0.29, 0.717) is 6.54 Å². The summed E-state index contributed by atoms with van der Waals surface area (Å²) in [4.78, 5) is 31.0. The third-order valence-corrected chi connectivity index (χ3v) is 4.91. The van der Waals surface area contributed by atoms with Crippen LogP contribution in [-0.2, 0) is 9.53 Å². The van der Waals surface area contributed by atoms with Gasteiger partial charge in [0, 0.05) is 23.2 Å². The van der Waals surface area contributed by atoms with Gasteiger partial charge in [-0.05, 0) is 26.0 Å². The summed E-state index contributed by atoms with van der Waals surface area (Å²) < 4.78 is 5.37. The number of amides is 1. The van der Waals surface area contributed by atoms with Crippen LogP contribution in [-0.4, -0.2) is 29.5 Å². The van der Waals surface area contributed by atoms with Gasteiger partial charge in [0.05, 0.1) is 0 Å². The zero-order valence-corrected chi connectivity index (χ0v) is 16.0. The number of esters is 1. The Morgan fingerprint density at radius 1 is 1.07 bits per heavy atom. The number of anilines is 1. The van der Waals surface area contributed by atoms with E-state index in [4.69, 9.17) is 4.74 Å². The van der Waals surface area contributed by atoms with Crippen molar-refractivity contribution in [3.63, 3.8) is 0 Å². The van der Waals surface area contributed by atoms with Crippen molar-refractivity contribution < 1.29 is 14.3 Å². The van der Waals surface area contributed by atoms with Gasteiger partial charge in [-0.3, -0.25) is 4.79 Å². The van der Waals surface area contributed by atoms with Crippen LogP contribution >= 0.6 is 11.3 Å². The molecule has 0 N–H and O–H groups in total. The Hall–Kier alpha value is -2.99. The molecule has 6 heteroatoms. The van der Waals surface area contributed by atoms with Crippen LogP contribution in [0.3, 0.4) is 0 Å². The molecule has 5 nitrogen and oxygen atoms in total. The SMILES string of the molecule is CCN(C(=O)[C@H](C)OC(=O)c1csc(-c2ccccc2)n1)c1ccccc1. The summed E-state index contributed by atoms with van der Waals surface area (Å²) in [7, 11) is 0. The fourth-order valence-corrected chi connectivity index (χ4v) is 3.44. The van der Waals surface area contributed by atoms with Gasteiger partial charge < -0.3 is 9.64 Å². The van der Waals surface area contributed by atoms with E-state index in [1.165, 1.54) is 11.3 Å². The molecule has 0 spiro atoms. The average molecular weight is 380 g/mol. The number of nitrogens with zero attached hydrogens (tertiary/aromatic N) is 2. The lowest BCUT2D eigenvalue weighted by atomic mass is 10.2. The molecule has 0 radical (unpaired) electrons. The number of para-hydroxylation sites is 1. The lowest BCUT2D eigenvalue weighted by Gasteiger charge is -2.24. The van der Waals surface area contributed by atoms with Crippen LogP contribution in [0, 0.1) is 0 Å². The molecule has 0 bridgehead atoms. The van der Waals surface area contributed by atoms with E-state index in [9.17, 15) is 9.59 Å². The first-order valence-electron chi connectivity index (χ1n) is 8.68. The molecule has 0 aliphatic rings. The molecule has 27 heavy (non-hydrogen) atoms. The summed E-state index contributed by atoms with van der Waals surface area (Å²) in [5, 5.41) is 2.39. The van der Waals surface area contributed by atoms with Crippen LogP contribution in [0.15, 0.2) is 66.0 Å². The Balaban J connectivity index is 1.68. The monoisotopic (exact) mass is 380 g/mol. The minimum Gasteiger partial charge on any atom is -0.448 e. The molecular weight excluding hydrogens is 360 g/mol. The molecule has 2 aromatic carbocycles. The van der Waals surface area contributed by atoms with Gasteiger partial charge in [0.1, 0.15) is 5.01 Å². The van der Waals surface area contributed by atoms with Gasteiger partial charge in [-0.15, -0.1) is 11.3 Å².